The Hall–Kier alpha value is -3.09. The number of amidine groups is 1. The van der Waals surface area contributed by atoms with E-state index in [2.05, 4.69) is 15.0 Å². The van der Waals surface area contributed by atoms with Gasteiger partial charge < -0.3 is 20.0 Å². The summed E-state index contributed by atoms with van der Waals surface area (Å²) in [5, 5.41) is 3.54. The highest BCUT2D eigenvalue weighted by molar-refractivity contribution is 5.97. The lowest BCUT2D eigenvalue weighted by Crippen LogP contribution is -2.18. The van der Waals surface area contributed by atoms with Crippen LogP contribution in [-0.2, 0) is 9.63 Å². The molecule has 0 saturated heterocycles. The summed E-state index contributed by atoms with van der Waals surface area (Å²) in [6.45, 7) is -0.315. The average Bonchev–Trinajstić information content (AvgIpc) is 2.58. The number of carbonyl (C=O) groups excluding carboxylic acids is 1. The monoisotopic (exact) mass is 301 g/mol. The van der Waals surface area contributed by atoms with E-state index < -0.39 is 5.97 Å². The molecule has 0 aliphatic rings. The van der Waals surface area contributed by atoms with Gasteiger partial charge in [0.2, 0.25) is 0 Å². The number of nitrogens with zero attached hydrogens (tertiary/aromatic N) is 2. The molecule has 0 fully saturated rings. The van der Waals surface area contributed by atoms with Gasteiger partial charge in [-0.2, -0.15) is 0 Å². The molecular weight excluding hydrogens is 286 g/mol. The van der Waals surface area contributed by atoms with Gasteiger partial charge >= 0.3 is 5.97 Å². The highest BCUT2D eigenvalue weighted by atomic mass is 16.7. The molecule has 0 aliphatic heterocycles. The zero-order valence-corrected chi connectivity index (χ0v) is 11.9. The molecule has 0 spiro atoms. The number of hydrogen-bond donors (Lipinski definition) is 1. The second-order valence-electron chi connectivity index (χ2n) is 4.12. The standard InChI is InChI=1S/C15H15N3O4/c1-20-12-6-2-3-7-13(12)21-10-14(19)22-18-15(16)11-5-4-8-17-9-11/h2-9H,10H2,1H3,(H2,16,18). The first-order valence-corrected chi connectivity index (χ1v) is 6.40. The van der Waals surface area contributed by atoms with E-state index in [0.29, 0.717) is 17.1 Å². The lowest BCUT2D eigenvalue weighted by molar-refractivity contribution is -0.146. The van der Waals surface area contributed by atoms with Gasteiger partial charge in [-0.1, -0.05) is 17.3 Å². The van der Waals surface area contributed by atoms with Crippen molar-refractivity contribution < 1.29 is 19.1 Å². The van der Waals surface area contributed by atoms with E-state index >= 15 is 0 Å². The molecule has 1 aromatic carbocycles. The van der Waals surface area contributed by atoms with Gasteiger partial charge in [-0.05, 0) is 24.3 Å². The summed E-state index contributed by atoms with van der Waals surface area (Å²) in [4.78, 5) is 20.2. The van der Waals surface area contributed by atoms with Gasteiger partial charge in [0, 0.05) is 18.0 Å². The van der Waals surface area contributed by atoms with E-state index in [1.54, 1.807) is 42.6 Å². The number of aromatic nitrogens is 1. The fourth-order valence-electron chi connectivity index (χ4n) is 1.57. The molecule has 0 aliphatic carbocycles. The van der Waals surface area contributed by atoms with Gasteiger partial charge in [0.25, 0.3) is 0 Å². The molecule has 2 rings (SSSR count). The minimum Gasteiger partial charge on any atom is -0.493 e. The largest absolute Gasteiger partial charge is 0.493 e. The molecule has 22 heavy (non-hydrogen) atoms. The number of carbonyl (C=O) groups is 1. The Bertz CT molecular complexity index is 659. The lowest BCUT2D eigenvalue weighted by atomic mass is 10.3. The maximum absolute atomic E-state index is 11.6. The third-order valence-corrected chi connectivity index (χ3v) is 2.62. The van der Waals surface area contributed by atoms with Gasteiger partial charge in [0.1, 0.15) is 0 Å². The van der Waals surface area contributed by atoms with Gasteiger partial charge in [0.15, 0.2) is 23.9 Å². The molecule has 0 atom stereocenters. The highest BCUT2D eigenvalue weighted by Crippen LogP contribution is 2.25. The summed E-state index contributed by atoms with van der Waals surface area (Å²) < 4.78 is 10.4. The number of ether oxygens (including phenoxy) is 2. The van der Waals surface area contributed by atoms with Crippen molar-refractivity contribution in [3.63, 3.8) is 0 Å². The van der Waals surface area contributed by atoms with Crippen molar-refractivity contribution in [2.45, 2.75) is 0 Å². The van der Waals surface area contributed by atoms with Crippen molar-refractivity contribution in [3.8, 4) is 11.5 Å². The van der Waals surface area contributed by atoms with Gasteiger partial charge in [-0.25, -0.2) is 4.79 Å². The van der Waals surface area contributed by atoms with Crippen LogP contribution >= 0.6 is 0 Å². The molecule has 0 radical (unpaired) electrons. The zero-order chi connectivity index (χ0) is 15.8. The summed E-state index contributed by atoms with van der Waals surface area (Å²) >= 11 is 0. The van der Waals surface area contributed by atoms with Crippen LogP contribution in [0.2, 0.25) is 0 Å². The normalized spacial score (nSPS) is 10.9. The quantitative estimate of drug-likeness (QED) is 0.374. The number of para-hydroxylation sites is 2. The number of pyridine rings is 1. The van der Waals surface area contributed by atoms with Crippen LogP contribution in [-0.4, -0.2) is 30.5 Å². The number of nitrogens with two attached hydrogens (primary N) is 1. The van der Waals surface area contributed by atoms with E-state index in [-0.39, 0.29) is 12.4 Å². The van der Waals surface area contributed by atoms with Crippen molar-refractivity contribution in [2.75, 3.05) is 13.7 Å². The minimum absolute atomic E-state index is 0.0544. The van der Waals surface area contributed by atoms with Gasteiger partial charge in [-0.3, -0.25) is 4.98 Å². The predicted octanol–water partition coefficient (Wildman–Crippen LogP) is 1.33. The van der Waals surface area contributed by atoms with E-state index in [0.717, 1.165) is 0 Å². The number of hydrogen-bond acceptors (Lipinski definition) is 6. The molecule has 0 bridgehead atoms. The molecule has 2 aromatic rings. The van der Waals surface area contributed by atoms with E-state index in [1.807, 2.05) is 0 Å². The molecule has 1 aromatic heterocycles. The Morgan fingerprint density at radius 3 is 2.68 bits per heavy atom. The Labute approximate surface area is 127 Å². The Morgan fingerprint density at radius 2 is 2.00 bits per heavy atom. The van der Waals surface area contributed by atoms with Crippen LogP contribution in [0.5, 0.6) is 11.5 Å². The molecule has 2 N–H and O–H groups in total. The second kappa shape index (κ2) is 7.63. The summed E-state index contributed by atoms with van der Waals surface area (Å²) in [6, 6.07) is 10.4. The van der Waals surface area contributed by atoms with Gasteiger partial charge in [-0.15, -0.1) is 0 Å². The maximum Gasteiger partial charge on any atom is 0.372 e. The summed E-state index contributed by atoms with van der Waals surface area (Å²) in [5.74, 6) is 0.330. The first-order valence-electron chi connectivity index (χ1n) is 6.40. The fraction of sp³-hybridized carbons (Fsp3) is 0.133. The van der Waals surface area contributed by atoms with E-state index in [4.69, 9.17) is 15.2 Å². The van der Waals surface area contributed by atoms with Crippen molar-refractivity contribution in [3.05, 3.63) is 54.4 Å². The fourth-order valence-corrected chi connectivity index (χ4v) is 1.57. The smallest absolute Gasteiger partial charge is 0.372 e. The first kappa shape index (κ1) is 15.3. The van der Waals surface area contributed by atoms with Crippen molar-refractivity contribution >= 4 is 11.8 Å². The highest BCUT2D eigenvalue weighted by Gasteiger charge is 2.08. The molecule has 0 unspecified atom stereocenters. The SMILES string of the molecule is COc1ccccc1OCC(=O)O/N=C(\N)c1cccnc1. The number of rotatable bonds is 6. The third-order valence-electron chi connectivity index (χ3n) is 2.62. The van der Waals surface area contributed by atoms with Crippen LogP contribution < -0.4 is 15.2 Å². The van der Waals surface area contributed by atoms with Crippen LogP contribution in [0.3, 0.4) is 0 Å². The molecule has 0 amide bonds. The average molecular weight is 301 g/mol. The molecular formula is C15H15N3O4. The lowest BCUT2D eigenvalue weighted by Gasteiger charge is -2.08. The van der Waals surface area contributed by atoms with Crippen LogP contribution in [0.1, 0.15) is 5.56 Å². The number of oxime groups is 1. The van der Waals surface area contributed by atoms with Crippen molar-refractivity contribution in [2.24, 2.45) is 10.9 Å². The number of benzene rings is 1. The zero-order valence-electron chi connectivity index (χ0n) is 11.9. The number of methoxy groups -OCH3 is 1. The Morgan fingerprint density at radius 1 is 1.23 bits per heavy atom. The van der Waals surface area contributed by atoms with E-state index in [9.17, 15) is 4.79 Å². The minimum atomic E-state index is -0.683. The van der Waals surface area contributed by atoms with E-state index in [1.165, 1.54) is 13.3 Å². The molecule has 7 nitrogen and oxygen atoms in total. The van der Waals surface area contributed by atoms with Crippen LogP contribution in [0, 0.1) is 0 Å². The molecule has 114 valence electrons. The Kier molecular flexibility index (Phi) is 5.31. The maximum atomic E-state index is 11.6. The third kappa shape index (κ3) is 4.20. The topological polar surface area (TPSA) is 96.0 Å². The molecule has 1 heterocycles. The van der Waals surface area contributed by atoms with Crippen molar-refractivity contribution in [1.82, 2.24) is 4.98 Å². The van der Waals surface area contributed by atoms with Crippen LogP contribution in [0.4, 0.5) is 0 Å². The second-order valence-corrected chi connectivity index (χ2v) is 4.12. The molecule has 0 saturated carbocycles. The summed E-state index contributed by atoms with van der Waals surface area (Å²) in [7, 11) is 1.51. The first-order chi connectivity index (χ1) is 10.7. The van der Waals surface area contributed by atoms with Crippen molar-refractivity contribution in [1.29, 1.82) is 0 Å². The summed E-state index contributed by atoms with van der Waals surface area (Å²) in [6.07, 6.45) is 3.11. The Balaban J connectivity index is 1.88. The molecule has 7 heteroatoms. The van der Waals surface area contributed by atoms with Gasteiger partial charge in [0.05, 0.1) is 7.11 Å². The van der Waals surface area contributed by atoms with Crippen LogP contribution in [0.25, 0.3) is 0 Å². The van der Waals surface area contributed by atoms with Crippen LogP contribution in [0.15, 0.2) is 53.9 Å². The predicted molar refractivity (Wildman–Crippen MR) is 79.5 cm³/mol. The summed E-state index contributed by atoms with van der Waals surface area (Å²) in [5.41, 5.74) is 6.22.